The number of nitrogen functional groups attached to an aromatic ring is 1. The van der Waals surface area contributed by atoms with E-state index in [0.717, 1.165) is 5.75 Å². The minimum Gasteiger partial charge on any atom is -0.493 e. The number of anilines is 2. The van der Waals surface area contributed by atoms with Crippen LogP contribution in [0.15, 0.2) is 42.5 Å². The molecule has 0 aliphatic heterocycles. The van der Waals surface area contributed by atoms with Crippen LogP contribution in [0.25, 0.3) is 10.9 Å². The van der Waals surface area contributed by atoms with Gasteiger partial charge in [0, 0.05) is 31.1 Å². The molecule has 1 unspecified atom stereocenters. The number of nitrogens with two attached hydrogens (primary N) is 1. The van der Waals surface area contributed by atoms with E-state index < -0.39 is 6.10 Å². The molecule has 160 valence electrons. The minimum atomic E-state index is -0.611. The van der Waals surface area contributed by atoms with Gasteiger partial charge in [-0.05, 0) is 18.2 Å². The molecule has 0 aliphatic carbocycles. The quantitative estimate of drug-likeness (QED) is 0.348. The van der Waals surface area contributed by atoms with Gasteiger partial charge in [0.25, 0.3) is 0 Å². The molecule has 30 heavy (non-hydrogen) atoms. The maximum absolute atomic E-state index is 10.0. The van der Waals surface area contributed by atoms with E-state index in [1.54, 1.807) is 26.4 Å². The summed E-state index contributed by atoms with van der Waals surface area (Å²) in [5.74, 6) is 2.65. The van der Waals surface area contributed by atoms with Crippen molar-refractivity contribution in [2.24, 2.45) is 0 Å². The van der Waals surface area contributed by atoms with Crippen molar-refractivity contribution in [3.63, 3.8) is 0 Å². The first-order valence-electron chi connectivity index (χ1n) is 9.60. The minimum absolute atomic E-state index is 0.222. The Bertz CT molecular complexity index is 955. The number of benzene rings is 2. The summed E-state index contributed by atoms with van der Waals surface area (Å²) >= 11 is 0. The third kappa shape index (κ3) is 5.62. The van der Waals surface area contributed by atoms with Crippen LogP contribution in [0.5, 0.6) is 17.2 Å². The van der Waals surface area contributed by atoms with Crippen molar-refractivity contribution >= 4 is 22.7 Å². The first kappa shape index (κ1) is 21.4. The zero-order valence-corrected chi connectivity index (χ0v) is 17.1. The molecule has 9 heteroatoms. The zero-order valence-electron chi connectivity index (χ0n) is 17.1. The van der Waals surface area contributed by atoms with E-state index in [0.29, 0.717) is 53.8 Å². The van der Waals surface area contributed by atoms with Crippen LogP contribution in [-0.4, -0.2) is 61.6 Å². The molecule has 1 atom stereocenters. The fourth-order valence-electron chi connectivity index (χ4n) is 2.86. The number of aliphatic hydroxyl groups excluding tert-OH is 1. The average molecular weight is 413 g/mol. The third-order valence-corrected chi connectivity index (χ3v) is 4.38. The number of ether oxygens (including phenoxy) is 3. The standard InChI is InChI=1S/C21H27N5O4/c1-28-18-10-16-17(11-19(18)29-2)25-21(26-20(16)22)24-9-8-23-12-14(27)13-30-15-6-4-3-5-7-15/h3-7,10-11,14,23,27H,8-9,12-13H2,1-2H3,(H3,22,24,25,26). The zero-order chi connectivity index (χ0) is 21.3. The summed E-state index contributed by atoms with van der Waals surface area (Å²) in [7, 11) is 3.13. The first-order chi connectivity index (χ1) is 14.6. The Morgan fingerprint density at radius 3 is 2.50 bits per heavy atom. The summed E-state index contributed by atoms with van der Waals surface area (Å²) in [6.45, 7) is 1.80. The number of rotatable bonds is 11. The van der Waals surface area contributed by atoms with Crippen LogP contribution >= 0.6 is 0 Å². The predicted octanol–water partition coefficient (Wildman–Crippen LogP) is 1.67. The van der Waals surface area contributed by atoms with Gasteiger partial charge in [-0.25, -0.2) is 4.98 Å². The van der Waals surface area contributed by atoms with Crippen molar-refractivity contribution in [1.82, 2.24) is 15.3 Å². The number of methoxy groups -OCH3 is 2. The highest BCUT2D eigenvalue weighted by atomic mass is 16.5. The van der Waals surface area contributed by atoms with Crippen molar-refractivity contribution in [3.05, 3.63) is 42.5 Å². The fraction of sp³-hybridized carbons (Fsp3) is 0.333. The maximum Gasteiger partial charge on any atom is 0.225 e. The van der Waals surface area contributed by atoms with Crippen LogP contribution in [0.4, 0.5) is 11.8 Å². The topological polar surface area (TPSA) is 124 Å². The van der Waals surface area contributed by atoms with E-state index in [2.05, 4.69) is 20.6 Å². The molecular weight excluding hydrogens is 386 g/mol. The van der Waals surface area contributed by atoms with E-state index in [1.807, 2.05) is 30.3 Å². The molecule has 3 aromatic rings. The first-order valence-corrected chi connectivity index (χ1v) is 9.60. The molecule has 0 bridgehead atoms. The fourth-order valence-corrected chi connectivity index (χ4v) is 2.86. The molecule has 0 saturated carbocycles. The summed E-state index contributed by atoms with van der Waals surface area (Å²) in [5.41, 5.74) is 6.73. The highest BCUT2D eigenvalue weighted by Crippen LogP contribution is 2.33. The molecule has 1 aromatic heterocycles. The van der Waals surface area contributed by atoms with E-state index in [4.69, 9.17) is 19.9 Å². The molecule has 3 rings (SSSR count). The van der Waals surface area contributed by atoms with Crippen LogP contribution in [0, 0.1) is 0 Å². The number of nitrogens with one attached hydrogen (secondary N) is 2. The van der Waals surface area contributed by atoms with E-state index in [1.165, 1.54) is 0 Å². The summed E-state index contributed by atoms with van der Waals surface area (Å²) in [6, 6.07) is 12.9. The van der Waals surface area contributed by atoms with E-state index in [-0.39, 0.29) is 6.61 Å². The summed E-state index contributed by atoms with van der Waals surface area (Å²) < 4.78 is 16.1. The van der Waals surface area contributed by atoms with Crippen molar-refractivity contribution in [2.75, 3.05) is 51.5 Å². The number of para-hydroxylation sites is 1. The number of aliphatic hydroxyl groups is 1. The monoisotopic (exact) mass is 413 g/mol. The van der Waals surface area contributed by atoms with Gasteiger partial charge in [0.1, 0.15) is 24.3 Å². The third-order valence-electron chi connectivity index (χ3n) is 4.38. The normalized spacial score (nSPS) is 11.8. The van der Waals surface area contributed by atoms with Crippen LogP contribution in [0.2, 0.25) is 0 Å². The molecule has 1 heterocycles. The van der Waals surface area contributed by atoms with Gasteiger partial charge in [-0.3, -0.25) is 0 Å². The summed E-state index contributed by atoms with van der Waals surface area (Å²) in [6.07, 6.45) is -0.611. The molecule has 2 aromatic carbocycles. The van der Waals surface area contributed by atoms with Crippen molar-refractivity contribution in [3.8, 4) is 17.2 Å². The van der Waals surface area contributed by atoms with Crippen molar-refractivity contribution in [2.45, 2.75) is 6.10 Å². The molecule has 0 amide bonds. The second-order valence-corrected chi connectivity index (χ2v) is 6.57. The Morgan fingerprint density at radius 1 is 1.03 bits per heavy atom. The molecule has 9 nitrogen and oxygen atoms in total. The maximum atomic E-state index is 10.0. The lowest BCUT2D eigenvalue weighted by molar-refractivity contribution is 0.107. The van der Waals surface area contributed by atoms with Crippen molar-refractivity contribution in [1.29, 1.82) is 0 Å². The summed E-state index contributed by atoms with van der Waals surface area (Å²) in [4.78, 5) is 8.77. The number of hydrogen-bond donors (Lipinski definition) is 4. The molecule has 0 radical (unpaired) electrons. The lowest BCUT2D eigenvalue weighted by Gasteiger charge is -2.14. The summed E-state index contributed by atoms with van der Waals surface area (Å²) in [5, 5.41) is 17.0. The predicted molar refractivity (Wildman–Crippen MR) is 116 cm³/mol. The molecule has 0 fully saturated rings. The molecule has 0 saturated heterocycles. The second kappa shape index (κ2) is 10.5. The van der Waals surface area contributed by atoms with E-state index >= 15 is 0 Å². The van der Waals surface area contributed by atoms with Gasteiger partial charge < -0.3 is 35.7 Å². The van der Waals surface area contributed by atoms with Gasteiger partial charge in [-0.1, -0.05) is 18.2 Å². The SMILES string of the molecule is COc1cc2nc(NCCNCC(O)COc3ccccc3)nc(N)c2cc1OC. The van der Waals surface area contributed by atoms with Gasteiger partial charge in [-0.15, -0.1) is 0 Å². The Kier molecular flexibility index (Phi) is 7.47. The Morgan fingerprint density at radius 2 is 1.77 bits per heavy atom. The van der Waals surface area contributed by atoms with Gasteiger partial charge in [0.2, 0.25) is 5.95 Å². The number of fused-ring (bicyclic) bond motifs is 1. The molecule has 0 spiro atoms. The van der Waals surface area contributed by atoms with Gasteiger partial charge in [0.15, 0.2) is 11.5 Å². The van der Waals surface area contributed by atoms with Crippen molar-refractivity contribution < 1.29 is 19.3 Å². The van der Waals surface area contributed by atoms with Gasteiger partial charge >= 0.3 is 0 Å². The lowest BCUT2D eigenvalue weighted by atomic mass is 10.2. The van der Waals surface area contributed by atoms with Crippen LogP contribution < -0.4 is 30.6 Å². The molecule has 5 N–H and O–H groups in total. The Hall–Kier alpha value is -3.30. The molecular formula is C21H27N5O4. The Labute approximate surface area is 175 Å². The van der Waals surface area contributed by atoms with Crippen LogP contribution in [0.1, 0.15) is 0 Å². The number of nitrogens with zero attached hydrogens (tertiary/aromatic N) is 2. The van der Waals surface area contributed by atoms with Crippen LogP contribution in [-0.2, 0) is 0 Å². The highest BCUT2D eigenvalue weighted by Gasteiger charge is 2.11. The van der Waals surface area contributed by atoms with E-state index in [9.17, 15) is 5.11 Å². The molecule has 0 aliphatic rings. The largest absolute Gasteiger partial charge is 0.493 e. The van der Waals surface area contributed by atoms with Gasteiger partial charge in [0.05, 0.1) is 19.7 Å². The number of aromatic nitrogens is 2. The highest BCUT2D eigenvalue weighted by molar-refractivity contribution is 5.91. The van der Waals surface area contributed by atoms with Gasteiger partial charge in [-0.2, -0.15) is 4.98 Å². The lowest BCUT2D eigenvalue weighted by Crippen LogP contribution is -2.34. The number of hydrogen-bond acceptors (Lipinski definition) is 9. The smallest absolute Gasteiger partial charge is 0.225 e. The van der Waals surface area contributed by atoms with Crippen LogP contribution in [0.3, 0.4) is 0 Å². The Balaban J connectivity index is 1.46. The second-order valence-electron chi connectivity index (χ2n) is 6.57. The average Bonchev–Trinajstić information content (AvgIpc) is 2.77.